The molecule has 0 radical (unpaired) electrons. The molecule has 0 fully saturated rings. The van der Waals surface area contributed by atoms with Crippen molar-refractivity contribution < 1.29 is 9.64 Å². The molecule has 2 heteroatoms. The Morgan fingerprint density at radius 2 is 2.15 bits per heavy atom. The van der Waals surface area contributed by atoms with Gasteiger partial charge in [0, 0.05) is 6.42 Å². The van der Waals surface area contributed by atoms with Crippen LogP contribution in [0.1, 0.15) is 5.56 Å². The Hall–Kier alpha value is -1.02. The molecule has 0 unspecified atom stereocenters. The Kier molecular flexibility index (Phi) is 2.23. The van der Waals surface area contributed by atoms with Crippen LogP contribution >= 0.6 is 0 Å². The van der Waals surface area contributed by atoms with E-state index in [1.54, 1.807) is 0 Å². The largest absolute Gasteiger partial charge is 0.484 e. The molecule has 1 aromatic rings. The highest BCUT2D eigenvalue weighted by Crippen LogP contribution is 2.27. The summed E-state index contributed by atoms with van der Waals surface area (Å²) in [6.07, 6.45) is 1.45. The van der Waals surface area contributed by atoms with E-state index in [-0.39, 0.29) is 0 Å². The summed E-state index contributed by atoms with van der Waals surface area (Å²) in [4.78, 5) is 1.44. The molecule has 1 aliphatic heterocycles. The van der Waals surface area contributed by atoms with Crippen LogP contribution in [0.2, 0.25) is 0 Å². The van der Waals surface area contributed by atoms with Gasteiger partial charge in [-0.2, -0.15) is 0 Å². The standard InChI is InChI=1S/C11H15NO/c1-12(2)8-10-7-9-5-3-4-6-11(9)13-10/h3-6,10H,7-8H2,1-2H3/p+1/t10-/m1/s1. The number of quaternary nitrogens is 1. The van der Waals surface area contributed by atoms with E-state index in [4.69, 9.17) is 4.74 Å². The Morgan fingerprint density at radius 3 is 2.85 bits per heavy atom. The van der Waals surface area contributed by atoms with Crippen LogP contribution in [0, 0.1) is 0 Å². The molecule has 2 nitrogen and oxygen atoms in total. The minimum Gasteiger partial charge on any atom is -0.484 e. The van der Waals surface area contributed by atoms with Crippen LogP contribution in [0.4, 0.5) is 0 Å². The molecule has 13 heavy (non-hydrogen) atoms. The second kappa shape index (κ2) is 3.38. The van der Waals surface area contributed by atoms with Gasteiger partial charge in [-0.1, -0.05) is 18.2 Å². The van der Waals surface area contributed by atoms with Gasteiger partial charge in [0.1, 0.15) is 12.3 Å². The van der Waals surface area contributed by atoms with E-state index in [9.17, 15) is 0 Å². The van der Waals surface area contributed by atoms with Crippen molar-refractivity contribution in [1.29, 1.82) is 0 Å². The van der Waals surface area contributed by atoms with E-state index in [0.29, 0.717) is 6.10 Å². The number of likely N-dealkylation sites (N-methyl/N-ethyl adjacent to an activating group) is 1. The first-order valence-electron chi connectivity index (χ1n) is 4.79. The van der Waals surface area contributed by atoms with Crippen molar-refractivity contribution in [1.82, 2.24) is 0 Å². The van der Waals surface area contributed by atoms with E-state index in [0.717, 1.165) is 18.7 Å². The highest BCUT2D eigenvalue weighted by Gasteiger charge is 2.23. The SMILES string of the molecule is C[NH+](C)C[C@H]1Cc2ccccc2O1. The van der Waals surface area contributed by atoms with Crippen molar-refractivity contribution in [3.63, 3.8) is 0 Å². The monoisotopic (exact) mass is 178 g/mol. The number of nitrogens with one attached hydrogen (secondary N) is 1. The van der Waals surface area contributed by atoms with E-state index in [1.165, 1.54) is 10.5 Å². The summed E-state index contributed by atoms with van der Waals surface area (Å²) in [5.74, 6) is 1.08. The second-order valence-corrected chi connectivity index (χ2v) is 3.96. The summed E-state index contributed by atoms with van der Waals surface area (Å²) < 4.78 is 5.80. The number of hydrogen-bond acceptors (Lipinski definition) is 1. The van der Waals surface area contributed by atoms with Gasteiger partial charge in [0.05, 0.1) is 14.1 Å². The van der Waals surface area contributed by atoms with Crippen molar-refractivity contribution in [2.24, 2.45) is 0 Å². The smallest absolute Gasteiger partial charge is 0.151 e. The molecule has 1 aromatic carbocycles. The fraction of sp³-hybridized carbons (Fsp3) is 0.455. The van der Waals surface area contributed by atoms with E-state index >= 15 is 0 Å². The van der Waals surface area contributed by atoms with Gasteiger partial charge in [-0.05, 0) is 11.6 Å². The molecule has 0 amide bonds. The first kappa shape index (κ1) is 8.57. The third-order valence-corrected chi connectivity index (χ3v) is 2.35. The quantitative estimate of drug-likeness (QED) is 0.680. The topological polar surface area (TPSA) is 13.7 Å². The third-order valence-electron chi connectivity index (χ3n) is 2.35. The number of ether oxygens (including phenoxy) is 1. The van der Waals surface area contributed by atoms with Crippen LogP contribution in [0.3, 0.4) is 0 Å². The summed E-state index contributed by atoms with van der Waals surface area (Å²) in [5.41, 5.74) is 1.36. The molecule has 70 valence electrons. The van der Waals surface area contributed by atoms with Gasteiger partial charge in [0.25, 0.3) is 0 Å². The molecule has 2 rings (SSSR count). The number of fused-ring (bicyclic) bond motifs is 1. The molecular weight excluding hydrogens is 162 g/mol. The molecular formula is C11H16NO+. The average molecular weight is 178 g/mol. The second-order valence-electron chi connectivity index (χ2n) is 3.96. The predicted molar refractivity (Wildman–Crippen MR) is 52.2 cm³/mol. The van der Waals surface area contributed by atoms with Crippen LogP contribution in [0.25, 0.3) is 0 Å². The summed E-state index contributed by atoms with van der Waals surface area (Å²) in [5, 5.41) is 0. The maximum Gasteiger partial charge on any atom is 0.151 e. The third kappa shape index (κ3) is 1.83. The first-order valence-corrected chi connectivity index (χ1v) is 4.79. The number of hydrogen-bond donors (Lipinski definition) is 1. The van der Waals surface area contributed by atoms with E-state index < -0.39 is 0 Å². The molecule has 1 heterocycles. The Labute approximate surface area is 79.1 Å². The molecule has 0 saturated carbocycles. The molecule has 0 aliphatic carbocycles. The number of rotatable bonds is 2. The van der Waals surface area contributed by atoms with E-state index in [1.807, 2.05) is 6.07 Å². The highest BCUT2D eigenvalue weighted by atomic mass is 16.5. The number of para-hydroxylation sites is 1. The van der Waals surface area contributed by atoms with Crippen molar-refractivity contribution in [3.8, 4) is 5.75 Å². The van der Waals surface area contributed by atoms with Crippen LogP contribution in [0.5, 0.6) is 5.75 Å². The minimum absolute atomic E-state index is 0.377. The van der Waals surface area contributed by atoms with Crippen LogP contribution in [-0.2, 0) is 6.42 Å². The van der Waals surface area contributed by atoms with E-state index in [2.05, 4.69) is 32.3 Å². The van der Waals surface area contributed by atoms with Gasteiger partial charge < -0.3 is 9.64 Å². The van der Waals surface area contributed by atoms with Gasteiger partial charge in [-0.25, -0.2) is 0 Å². The molecule has 1 N–H and O–H groups in total. The fourth-order valence-electron chi connectivity index (χ4n) is 1.82. The Morgan fingerprint density at radius 1 is 1.38 bits per heavy atom. The average Bonchev–Trinajstić information content (AvgIpc) is 2.44. The van der Waals surface area contributed by atoms with Gasteiger partial charge in [-0.15, -0.1) is 0 Å². The van der Waals surface area contributed by atoms with Crippen molar-refractivity contribution in [3.05, 3.63) is 29.8 Å². The normalized spacial score (nSPS) is 20.1. The van der Waals surface area contributed by atoms with Gasteiger partial charge in [0.2, 0.25) is 0 Å². The fourth-order valence-corrected chi connectivity index (χ4v) is 1.82. The zero-order chi connectivity index (χ0) is 9.26. The zero-order valence-corrected chi connectivity index (χ0v) is 8.21. The molecule has 0 spiro atoms. The highest BCUT2D eigenvalue weighted by molar-refractivity contribution is 5.37. The lowest BCUT2D eigenvalue weighted by Crippen LogP contribution is -3.07. The lowest BCUT2D eigenvalue weighted by atomic mass is 10.1. The summed E-state index contributed by atoms with van der Waals surface area (Å²) in [6.45, 7) is 1.08. The predicted octanol–water partition coefficient (Wildman–Crippen LogP) is 0.135. The summed E-state index contributed by atoms with van der Waals surface area (Å²) in [6, 6.07) is 8.32. The first-order chi connectivity index (χ1) is 6.25. The lowest BCUT2D eigenvalue weighted by Gasteiger charge is -2.13. The zero-order valence-electron chi connectivity index (χ0n) is 8.21. The molecule has 1 aliphatic rings. The van der Waals surface area contributed by atoms with Gasteiger partial charge in [0.15, 0.2) is 6.10 Å². The summed E-state index contributed by atoms with van der Waals surface area (Å²) >= 11 is 0. The maximum atomic E-state index is 5.80. The maximum absolute atomic E-state index is 5.80. The Bertz CT molecular complexity index is 271. The van der Waals surface area contributed by atoms with Gasteiger partial charge >= 0.3 is 0 Å². The molecule has 0 aromatic heterocycles. The molecule has 0 saturated heterocycles. The van der Waals surface area contributed by atoms with Crippen LogP contribution < -0.4 is 9.64 Å². The van der Waals surface area contributed by atoms with Crippen molar-refractivity contribution in [2.45, 2.75) is 12.5 Å². The number of benzene rings is 1. The molecule has 1 atom stereocenters. The summed E-state index contributed by atoms with van der Waals surface area (Å²) in [7, 11) is 4.32. The Balaban J connectivity index is 2.05. The minimum atomic E-state index is 0.377. The lowest BCUT2D eigenvalue weighted by molar-refractivity contribution is -0.861. The van der Waals surface area contributed by atoms with Crippen molar-refractivity contribution in [2.75, 3.05) is 20.6 Å². The van der Waals surface area contributed by atoms with Gasteiger partial charge in [-0.3, -0.25) is 0 Å². The van der Waals surface area contributed by atoms with Crippen LogP contribution in [-0.4, -0.2) is 26.7 Å². The molecule has 0 bridgehead atoms. The van der Waals surface area contributed by atoms with Crippen molar-refractivity contribution >= 4 is 0 Å². The van der Waals surface area contributed by atoms with Crippen LogP contribution in [0.15, 0.2) is 24.3 Å².